The summed E-state index contributed by atoms with van der Waals surface area (Å²) in [5.41, 5.74) is 2.54. The Hall–Kier alpha value is -1.99. The molecule has 22 heavy (non-hydrogen) atoms. The molecule has 6 nitrogen and oxygen atoms in total. The van der Waals surface area contributed by atoms with Gasteiger partial charge in [0.15, 0.2) is 0 Å². The molecule has 1 fully saturated rings. The number of thiazole rings is 1. The van der Waals surface area contributed by atoms with Gasteiger partial charge in [0.25, 0.3) is 5.91 Å². The third kappa shape index (κ3) is 3.10. The monoisotopic (exact) mass is 319 g/mol. The molecule has 2 heterocycles. The lowest BCUT2D eigenvalue weighted by molar-refractivity contribution is 0.0235. The molecule has 2 aromatic rings. The molecule has 1 aliphatic rings. The third-order valence-corrected chi connectivity index (χ3v) is 4.66. The van der Waals surface area contributed by atoms with Crippen molar-refractivity contribution in [2.45, 2.75) is 25.0 Å². The van der Waals surface area contributed by atoms with Gasteiger partial charge in [0, 0.05) is 12.3 Å². The maximum absolute atomic E-state index is 12.3. The van der Waals surface area contributed by atoms with Crippen LogP contribution in [-0.2, 0) is 0 Å². The average molecular weight is 319 g/mol. The Morgan fingerprint density at radius 1 is 1.45 bits per heavy atom. The van der Waals surface area contributed by atoms with E-state index in [9.17, 15) is 9.90 Å². The summed E-state index contributed by atoms with van der Waals surface area (Å²) >= 11 is 1.30. The maximum Gasteiger partial charge on any atom is 0.263 e. The molecule has 0 bridgehead atoms. The van der Waals surface area contributed by atoms with Gasteiger partial charge in [0.1, 0.15) is 4.88 Å². The first-order valence-corrected chi connectivity index (χ1v) is 7.92. The molecule has 7 heteroatoms. The van der Waals surface area contributed by atoms with E-state index >= 15 is 0 Å². The molecule has 0 aliphatic heterocycles. The number of aliphatic hydroxyl groups is 1. The number of aromatic nitrogens is 2. The summed E-state index contributed by atoms with van der Waals surface area (Å²) < 4.78 is 5.06. The maximum atomic E-state index is 12.3. The van der Waals surface area contributed by atoms with Gasteiger partial charge in [-0.25, -0.2) is 4.98 Å². The summed E-state index contributed by atoms with van der Waals surface area (Å²) in [7, 11) is 1.56. The van der Waals surface area contributed by atoms with Crippen LogP contribution in [0.2, 0.25) is 0 Å². The van der Waals surface area contributed by atoms with Crippen molar-refractivity contribution >= 4 is 17.2 Å². The molecule has 1 aliphatic carbocycles. The highest BCUT2D eigenvalue weighted by Gasteiger charge is 2.36. The molecule has 1 amide bonds. The van der Waals surface area contributed by atoms with E-state index < -0.39 is 0 Å². The van der Waals surface area contributed by atoms with Gasteiger partial charge in [0.05, 0.1) is 31.0 Å². The summed E-state index contributed by atoms with van der Waals surface area (Å²) in [4.78, 5) is 21.0. The smallest absolute Gasteiger partial charge is 0.263 e. The summed E-state index contributed by atoms with van der Waals surface area (Å²) in [6.07, 6.45) is 4.35. The molecule has 2 N–H and O–H groups in total. The van der Waals surface area contributed by atoms with Gasteiger partial charge < -0.3 is 15.2 Å². The molecule has 1 saturated carbocycles. The molecule has 0 saturated heterocycles. The van der Waals surface area contributed by atoms with Crippen LogP contribution in [0.15, 0.2) is 30.0 Å². The lowest BCUT2D eigenvalue weighted by Gasteiger charge is -2.38. The third-order valence-electron chi connectivity index (χ3n) is 3.89. The Labute approximate surface area is 132 Å². The fourth-order valence-corrected chi connectivity index (χ4v) is 3.14. The highest BCUT2D eigenvalue weighted by molar-refractivity contribution is 7.11. The zero-order chi connectivity index (χ0) is 15.5. The Balaban J connectivity index is 1.78. The number of amides is 1. The van der Waals surface area contributed by atoms with Crippen molar-refractivity contribution in [2.75, 3.05) is 7.11 Å². The zero-order valence-electron chi connectivity index (χ0n) is 12.1. The van der Waals surface area contributed by atoms with Crippen molar-refractivity contribution < 1.29 is 14.6 Å². The standard InChI is InChI=1S/C15H17N3O3S/c1-21-13-3-2-9(6-17-13)14(10-4-11(19)5-10)18-15(20)12-7-16-8-22-12/h2-3,6-8,10-11,14,19H,4-5H2,1H3,(H,18,20). The van der Waals surface area contributed by atoms with E-state index in [1.54, 1.807) is 31.1 Å². The Bertz CT molecular complexity index is 624. The zero-order valence-corrected chi connectivity index (χ0v) is 12.9. The van der Waals surface area contributed by atoms with E-state index in [4.69, 9.17) is 4.74 Å². The molecular formula is C15H17N3O3S. The largest absolute Gasteiger partial charge is 0.481 e. The molecule has 2 aromatic heterocycles. The second-order valence-electron chi connectivity index (χ2n) is 5.34. The number of carbonyl (C=O) groups excluding carboxylic acids is 1. The number of ether oxygens (including phenoxy) is 1. The number of aliphatic hydroxyl groups excluding tert-OH is 1. The average Bonchev–Trinajstić information content (AvgIpc) is 3.04. The molecule has 0 spiro atoms. The van der Waals surface area contributed by atoms with Crippen LogP contribution in [0.1, 0.15) is 34.1 Å². The predicted molar refractivity (Wildman–Crippen MR) is 81.8 cm³/mol. The lowest BCUT2D eigenvalue weighted by Crippen LogP contribution is -2.41. The molecule has 0 radical (unpaired) electrons. The van der Waals surface area contributed by atoms with Crippen molar-refractivity contribution in [2.24, 2.45) is 5.92 Å². The van der Waals surface area contributed by atoms with Crippen molar-refractivity contribution in [1.29, 1.82) is 0 Å². The first-order chi connectivity index (χ1) is 10.7. The highest BCUT2D eigenvalue weighted by atomic mass is 32.1. The lowest BCUT2D eigenvalue weighted by atomic mass is 9.75. The summed E-state index contributed by atoms with van der Waals surface area (Å²) in [5, 5.41) is 12.6. The van der Waals surface area contributed by atoms with Crippen molar-refractivity contribution in [3.8, 4) is 5.88 Å². The van der Waals surface area contributed by atoms with Gasteiger partial charge in [-0.1, -0.05) is 6.07 Å². The van der Waals surface area contributed by atoms with Crippen molar-refractivity contribution in [3.63, 3.8) is 0 Å². The van der Waals surface area contributed by atoms with Gasteiger partial charge in [-0.15, -0.1) is 11.3 Å². The van der Waals surface area contributed by atoms with Crippen LogP contribution in [0.3, 0.4) is 0 Å². The molecule has 3 rings (SSSR count). The van der Waals surface area contributed by atoms with Gasteiger partial charge in [0.2, 0.25) is 5.88 Å². The Morgan fingerprint density at radius 2 is 2.27 bits per heavy atom. The van der Waals surface area contributed by atoms with Gasteiger partial charge >= 0.3 is 0 Å². The topological polar surface area (TPSA) is 84.3 Å². The van der Waals surface area contributed by atoms with Gasteiger partial charge in [-0.05, 0) is 24.3 Å². The minimum atomic E-state index is -0.279. The minimum absolute atomic E-state index is 0.148. The van der Waals surface area contributed by atoms with E-state index in [0.717, 1.165) is 5.56 Å². The molecule has 0 aromatic carbocycles. The van der Waals surface area contributed by atoms with Crippen LogP contribution in [0.5, 0.6) is 5.88 Å². The fraction of sp³-hybridized carbons (Fsp3) is 0.400. The van der Waals surface area contributed by atoms with Gasteiger partial charge in [-0.2, -0.15) is 0 Å². The van der Waals surface area contributed by atoms with Crippen LogP contribution in [0.4, 0.5) is 0 Å². The molecule has 1 unspecified atom stereocenters. The first-order valence-electron chi connectivity index (χ1n) is 7.04. The van der Waals surface area contributed by atoms with E-state index in [0.29, 0.717) is 23.6 Å². The van der Waals surface area contributed by atoms with Crippen LogP contribution in [0, 0.1) is 5.92 Å². The molecular weight excluding hydrogens is 302 g/mol. The second kappa shape index (κ2) is 6.41. The summed E-state index contributed by atoms with van der Waals surface area (Å²) in [6.45, 7) is 0. The summed E-state index contributed by atoms with van der Waals surface area (Å²) in [6, 6.07) is 3.50. The Kier molecular flexibility index (Phi) is 4.35. The van der Waals surface area contributed by atoms with E-state index in [1.165, 1.54) is 11.3 Å². The minimum Gasteiger partial charge on any atom is -0.481 e. The molecule has 1 atom stereocenters. The van der Waals surface area contributed by atoms with E-state index in [2.05, 4.69) is 15.3 Å². The van der Waals surface area contributed by atoms with E-state index in [1.807, 2.05) is 6.07 Å². The van der Waals surface area contributed by atoms with Crippen molar-refractivity contribution in [3.05, 3.63) is 40.5 Å². The van der Waals surface area contributed by atoms with Crippen LogP contribution in [-0.4, -0.2) is 34.2 Å². The number of methoxy groups -OCH3 is 1. The summed E-state index contributed by atoms with van der Waals surface area (Å²) in [5.74, 6) is 0.594. The van der Waals surface area contributed by atoms with Crippen LogP contribution < -0.4 is 10.1 Å². The number of pyridine rings is 1. The number of hydrogen-bond donors (Lipinski definition) is 2. The van der Waals surface area contributed by atoms with Crippen molar-refractivity contribution in [1.82, 2.24) is 15.3 Å². The molecule has 116 valence electrons. The normalized spacial score (nSPS) is 21.7. The van der Waals surface area contributed by atoms with Gasteiger partial charge in [-0.3, -0.25) is 9.78 Å². The SMILES string of the molecule is COc1ccc(C(NC(=O)c2cncs2)C2CC(O)C2)cn1. The highest BCUT2D eigenvalue weighted by Crippen LogP contribution is 2.38. The van der Waals surface area contributed by atoms with Crippen LogP contribution in [0.25, 0.3) is 0 Å². The number of hydrogen-bond acceptors (Lipinski definition) is 6. The quantitative estimate of drug-likeness (QED) is 0.878. The predicted octanol–water partition coefficient (Wildman–Crippen LogP) is 1.79. The first kappa shape index (κ1) is 14.9. The number of rotatable bonds is 5. The number of nitrogens with one attached hydrogen (secondary N) is 1. The number of nitrogens with zero attached hydrogens (tertiary/aromatic N) is 2. The number of carbonyl (C=O) groups is 1. The Morgan fingerprint density at radius 3 is 2.82 bits per heavy atom. The fourth-order valence-electron chi connectivity index (χ4n) is 2.61. The van der Waals surface area contributed by atoms with E-state index in [-0.39, 0.29) is 24.0 Å². The van der Waals surface area contributed by atoms with Crippen LogP contribution >= 0.6 is 11.3 Å². The second-order valence-corrected chi connectivity index (χ2v) is 6.22.